The average Bonchev–Trinajstić information content (AvgIpc) is 1.90. The highest BCUT2D eigenvalue weighted by Crippen LogP contribution is 1.93. The normalized spacial score (nSPS) is 14.3. The van der Waals surface area contributed by atoms with Gasteiger partial charge in [-0.2, -0.15) is 5.26 Å². The summed E-state index contributed by atoms with van der Waals surface area (Å²) in [5.74, 6) is 0. The maximum Gasteiger partial charge on any atom is 0.0966 e. The lowest BCUT2D eigenvalue weighted by Gasteiger charge is -2.00. The summed E-state index contributed by atoms with van der Waals surface area (Å²) >= 11 is 0. The van der Waals surface area contributed by atoms with Crippen molar-refractivity contribution in [1.82, 2.24) is 5.32 Å². The summed E-state index contributed by atoms with van der Waals surface area (Å²) in [4.78, 5) is 0. The van der Waals surface area contributed by atoms with Crippen molar-refractivity contribution in [2.75, 3.05) is 6.54 Å². The number of nitriles is 1. The number of nitrogens with one attached hydrogen (secondary N) is 1. The zero-order chi connectivity index (χ0) is 5.82. The van der Waals surface area contributed by atoms with Crippen LogP contribution in [0.3, 0.4) is 0 Å². The minimum absolute atomic E-state index is 0. The Kier molecular flexibility index (Phi) is 3.18. The molecule has 3 heteroatoms. The predicted octanol–water partition coefficient (Wildman–Crippen LogP) is -0.271. The second kappa shape index (κ2) is 3.70. The van der Waals surface area contributed by atoms with E-state index in [1.54, 1.807) is 6.08 Å². The molecule has 1 aliphatic rings. The first kappa shape index (κ1) is 7.73. The van der Waals surface area contributed by atoms with E-state index in [2.05, 4.69) is 11.4 Å². The number of dihydropyridines is 1. The molecule has 0 saturated carbocycles. The number of hydrogen-bond donors (Lipinski definition) is 1. The summed E-state index contributed by atoms with van der Waals surface area (Å²) in [6.07, 6.45) is 5.44. The fourth-order valence-corrected chi connectivity index (χ4v) is 0.537. The van der Waals surface area contributed by atoms with Crippen LogP contribution in [0.25, 0.3) is 0 Å². The summed E-state index contributed by atoms with van der Waals surface area (Å²) < 4.78 is 0. The largest absolute Gasteiger partial charge is 0.412 e. The van der Waals surface area contributed by atoms with Crippen LogP contribution in [0.2, 0.25) is 0 Å². The van der Waals surface area contributed by atoms with Gasteiger partial charge in [0, 0.05) is 12.1 Å². The lowest BCUT2D eigenvalue weighted by Crippen LogP contribution is -2.10. The van der Waals surface area contributed by atoms with Crippen LogP contribution in [0.5, 0.6) is 0 Å². The molecule has 0 aromatic heterocycles. The summed E-state index contributed by atoms with van der Waals surface area (Å²) in [6, 6.07) is 2.05. The van der Waals surface area contributed by atoms with Gasteiger partial charge in [0.05, 0.1) is 6.07 Å². The molecule has 0 unspecified atom stereocenters. The van der Waals surface area contributed by atoms with Gasteiger partial charge in [-0.3, -0.25) is 0 Å². The van der Waals surface area contributed by atoms with E-state index in [0.29, 0.717) is 6.54 Å². The van der Waals surface area contributed by atoms with Crippen molar-refractivity contribution in [3.05, 3.63) is 23.9 Å². The van der Waals surface area contributed by atoms with E-state index in [0.717, 1.165) is 5.57 Å². The SMILES string of the molecule is N#CC1=CC=CNC1.O. The maximum absolute atomic E-state index is 8.30. The van der Waals surface area contributed by atoms with Gasteiger partial charge in [-0.15, -0.1) is 0 Å². The Balaban J connectivity index is 0.000000640. The molecule has 9 heavy (non-hydrogen) atoms. The van der Waals surface area contributed by atoms with Gasteiger partial charge < -0.3 is 10.8 Å². The molecule has 3 nitrogen and oxygen atoms in total. The zero-order valence-corrected chi connectivity index (χ0v) is 4.89. The van der Waals surface area contributed by atoms with E-state index in [-0.39, 0.29) is 5.48 Å². The van der Waals surface area contributed by atoms with Crippen molar-refractivity contribution in [2.24, 2.45) is 0 Å². The van der Waals surface area contributed by atoms with Crippen LogP contribution in [0.1, 0.15) is 0 Å². The molecule has 1 heterocycles. The second-order valence-corrected chi connectivity index (χ2v) is 1.54. The minimum atomic E-state index is 0. The van der Waals surface area contributed by atoms with Crippen LogP contribution in [0, 0.1) is 11.3 Å². The highest BCUT2D eigenvalue weighted by Gasteiger charge is 1.92. The van der Waals surface area contributed by atoms with E-state index >= 15 is 0 Å². The molecule has 0 amide bonds. The van der Waals surface area contributed by atoms with Gasteiger partial charge in [0.15, 0.2) is 0 Å². The number of rotatable bonds is 0. The van der Waals surface area contributed by atoms with E-state index < -0.39 is 0 Å². The van der Waals surface area contributed by atoms with Crippen LogP contribution in [0.4, 0.5) is 0 Å². The quantitative estimate of drug-likeness (QED) is 0.483. The molecule has 0 fully saturated rings. The molecule has 0 aromatic rings. The molecule has 0 aromatic carbocycles. The van der Waals surface area contributed by atoms with E-state index in [9.17, 15) is 0 Å². The number of nitrogens with zero attached hydrogens (tertiary/aromatic N) is 1. The Bertz CT molecular complexity index is 176. The van der Waals surface area contributed by atoms with Crippen molar-refractivity contribution < 1.29 is 5.48 Å². The van der Waals surface area contributed by atoms with Gasteiger partial charge in [0.25, 0.3) is 0 Å². The fraction of sp³-hybridized carbons (Fsp3) is 0.167. The van der Waals surface area contributed by atoms with Crippen molar-refractivity contribution in [3.63, 3.8) is 0 Å². The predicted molar refractivity (Wildman–Crippen MR) is 34.5 cm³/mol. The molecular weight excluding hydrogens is 116 g/mol. The Labute approximate surface area is 53.6 Å². The lowest BCUT2D eigenvalue weighted by atomic mass is 10.2. The van der Waals surface area contributed by atoms with Crippen molar-refractivity contribution in [3.8, 4) is 6.07 Å². The average molecular weight is 124 g/mol. The molecule has 0 aliphatic carbocycles. The van der Waals surface area contributed by atoms with Crippen LogP contribution in [-0.2, 0) is 0 Å². The van der Waals surface area contributed by atoms with Crippen molar-refractivity contribution in [1.29, 1.82) is 5.26 Å². The van der Waals surface area contributed by atoms with Gasteiger partial charge in [0.2, 0.25) is 0 Å². The Morgan fingerprint density at radius 3 is 2.78 bits per heavy atom. The Morgan fingerprint density at radius 2 is 2.44 bits per heavy atom. The first-order valence-corrected chi connectivity index (χ1v) is 2.42. The third-order valence-electron chi connectivity index (χ3n) is 0.948. The molecular formula is C6H8N2O. The molecule has 0 bridgehead atoms. The highest BCUT2D eigenvalue weighted by atomic mass is 16.0. The second-order valence-electron chi connectivity index (χ2n) is 1.54. The van der Waals surface area contributed by atoms with Gasteiger partial charge in [-0.05, 0) is 18.4 Å². The molecule has 1 rings (SSSR count). The van der Waals surface area contributed by atoms with E-state index in [1.165, 1.54) is 0 Å². The number of allylic oxidation sites excluding steroid dienone is 2. The molecule has 0 radical (unpaired) electrons. The summed E-state index contributed by atoms with van der Waals surface area (Å²) in [5, 5.41) is 11.2. The van der Waals surface area contributed by atoms with Gasteiger partial charge in [-0.1, -0.05) is 0 Å². The first-order valence-electron chi connectivity index (χ1n) is 2.42. The van der Waals surface area contributed by atoms with Crippen LogP contribution in [-0.4, -0.2) is 12.0 Å². The monoisotopic (exact) mass is 124 g/mol. The third-order valence-corrected chi connectivity index (χ3v) is 0.948. The Hall–Kier alpha value is -1.27. The van der Waals surface area contributed by atoms with E-state index in [4.69, 9.17) is 5.26 Å². The summed E-state index contributed by atoms with van der Waals surface area (Å²) in [6.45, 7) is 0.674. The first-order chi connectivity index (χ1) is 3.93. The van der Waals surface area contributed by atoms with E-state index in [1.807, 2.05) is 12.3 Å². The smallest absolute Gasteiger partial charge is 0.0966 e. The molecule has 48 valence electrons. The summed E-state index contributed by atoms with van der Waals surface area (Å²) in [5.41, 5.74) is 0.785. The van der Waals surface area contributed by atoms with Crippen molar-refractivity contribution >= 4 is 0 Å². The topological polar surface area (TPSA) is 67.3 Å². The molecule has 1 aliphatic heterocycles. The summed E-state index contributed by atoms with van der Waals surface area (Å²) in [7, 11) is 0. The zero-order valence-electron chi connectivity index (χ0n) is 4.89. The van der Waals surface area contributed by atoms with Crippen LogP contribution < -0.4 is 5.32 Å². The lowest BCUT2D eigenvalue weighted by molar-refractivity contribution is 0.824. The van der Waals surface area contributed by atoms with Crippen LogP contribution in [0.15, 0.2) is 23.9 Å². The van der Waals surface area contributed by atoms with Crippen LogP contribution >= 0.6 is 0 Å². The molecule has 3 N–H and O–H groups in total. The van der Waals surface area contributed by atoms with Gasteiger partial charge in [-0.25, -0.2) is 0 Å². The molecule has 0 atom stereocenters. The fourth-order valence-electron chi connectivity index (χ4n) is 0.537. The third kappa shape index (κ3) is 1.98. The van der Waals surface area contributed by atoms with Gasteiger partial charge in [0.1, 0.15) is 0 Å². The molecule has 0 saturated heterocycles. The maximum atomic E-state index is 8.30. The standard InChI is InChI=1S/C6H6N2.H2O/c7-4-6-2-1-3-8-5-6;/h1-3,8H,5H2;1H2. The highest BCUT2D eigenvalue weighted by molar-refractivity contribution is 5.29. The molecule has 0 spiro atoms. The van der Waals surface area contributed by atoms with Crippen molar-refractivity contribution in [2.45, 2.75) is 0 Å². The Morgan fingerprint density at radius 1 is 1.67 bits per heavy atom. The minimum Gasteiger partial charge on any atom is -0.412 e. The van der Waals surface area contributed by atoms with Gasteiger partial charge >= 0.3 is 0 Å². The number of hydrogen-bond acceptors (Lipinski definition) is 2.